The van der Waals surface area contributed by atoms with Gasteiger partial charge in [0.15, 0.2) is 11.5 Å². The average molecular weight is 375 g/mol. The van der Waals surface area contributed by atoms with Crippen molar-refractivity contribution in [1.82, 2.24) is 30.6 Å². The number of hydrogen-bond donors (Lipinski definition) is 2. The van der Waals surface area contributed by atoms with Crippen LogP contribution in [0, 0.1) is 5.92 Å². The van der Waals surface area contributed by atoms with Crippen molar-refractivity contribution in [3.05, 3.63) is 12.1 Å². The number of aromatic nitrogens is 5. The van der Waals surface area contributed by atoms with Crippen LogP contribution in [0.25, 0.3) is 5.65 Å². The molecular weight excluding hydrogens is 350 g/mol. The van der Waals surface area contributed by atoms with E-state index in [-0.39, 0.29) is 18.2 Å². The van der Waals surface area contributed by atoms with E-state index in [4.69, 9.17) is 0 Å². The summed E-state index contributed by atoms with van der Waals surface area (Å²) in [6.45, 7) is 5.22. The number of fused-ring (bicyclic) bond motifs is 1. The molecule has 0 bridgehead atoms. The number of tetrazole rings is 1. The number of carboxylic acids is 1. The zero-order valence-corrected chi connectivity index (χ0v) is 15.6. The van der Waals surface area contributed by atoms with E-state index in [0.717, 1.165) is 5.82 Å². The summed E-state index contributed by atoms with van der Waals surface area (Å²) < 4.78 is 1.39. The summed E-state index contributed by atoms with van der Waals surface area (Å²) in [5.74, 6) is -0.290. The lowest BCUT2D eigenvalue weighted by atomic mass is 9.87. The molecule has 0 radical (unpaired) electrons. The molecule has 2 aromatic heterocycles. The van der Waals surface area contributed by atoms with Crippen LogP contribution in [0.3, 0.4) is 0 Å². The fraction of sp³-hybridized carbons (Fsp3) is 0.647. The number of amides is 1. The number of aliphatic carboxylic acids is 1. The Hall–Kier alpha value is -2.78. The number of carbonyl (C=O) groups excluding carboxylic acids is 1. The zero-order chi connectivity index (χ0) is 19.4. The number of carbonyl (C=O) groups is 2. The van der Waals surface area contributed by atoms with Gasteiger partial charge in [0.2, 0.25) is 5.91 Å². The van der Waals surface area contributed by atoms with E-state index >= 15 is 0 Å². The number of hydrogen-bond acceptors (Lipinski definition) is 7. The topological polar surface area (TPSA) is 126 Å². The number of nitrogens with zero attached hydrogens (tertiary/aromatic N) is 6. The Bertz CT molecular complexity index is 810. The molecule has 0 unspecified atom stereocenters. The third-order valence-electron chi connectivity index (χ3n) is 5.48. The average Bonchev–Trinajstić information content (AvgIpc) is 3.15. The quantitative estimate of drug-likeness (QED) is 0.731. The minimum absolute atomic E-state index is 0.0523. The van der Waals surface area contributed by atoms with Crippen molar-refractivity contribution in [1.29, 1.82) is 0 Å². The first-order valence-electron chi connectivity index (χ1n) is 9.30. The van der Waals surface area contributed by atoms with Gasteiger partial charge in [-0.05, 0) is 48.2 Å². The Morgan fingerprint density at radius 3 is 2.59 bits per heavy atom. The summed E-state index contributed by atoms with van der Waals surface area (Å²) in [6.07, 6.45) is 2.52. The monoisotopic (exact) mass is 375 g/mol. The minimum atomic E-state index is -0.891. The Labute approximate surface area is 156 Å². The van der Waals surface area contributed by atoms with Crippen LogP contribution >= 0.6 is 0 Å². The van der Waals surface area contributed by atoms with Crippen molar-refractivity contribution in [3.63, 3.8) is 0 Å². The van der Waals surface area contributed by atoms with Crippen LogP contribution in [-0.2, 0) is 9.59 Å². The van der Waals surface area contributed by atoms with Crippen LogP contribution in [0.4, 0.5) is 5.82 Å². The van der Waals surface area contributed by atoms with Gasteiger partial charge in [-0.15, -0.1) is 14.8 Å². The molecule has 0 atom stereocenters. The Kier molecular flexibility index (Phi) is 5.52. The van der Waals surface area contributed by atoms with Crippen molar-refractivity contribution >= 4 is 23.3 Å². The van der Waals surface area contributed by atoms with Gasteiger partial charge in [0.25, 0.3) is 0 Å². The molecule has 2 aromatic rings. The molecule has 146 valence electrons. The van der Waals surface area contributed by atoms with Crippen LogP contribution < -0.4 is 10.2 Å². The fourth-order valence-electron chi connectivity index (χ4n) is 3.55. The molecule has 0 aliphatic carbocycles. The Balaban J connectivity index is 1.60. The highest BCUT2D eigenvalue weighted by Crippen LogP contribution is 2.25. The van der Waals surface area contributed by atoms with E-state index in [0.29, 0.717) is 44.4 Å². The predicted molar refractivity (Wildman–Crippen MR) is 97.2 cm³/mol. The van der Waals surface area contributed by atoms with Gasteiger partial charge in [0.1, 0.15) is 0 Å². The van der Waals surface area contributed by atoms with Gasteiger partial charge < -0.3 is 15.3 Å². The maximum atomic E-state index is 12.7. The van der Waals surface area contributed by atoms with Gasteiger partial charge in [0.05, 0.1) is 6.42 Å². The summed E-state index contributed by atoms with van der Waals surface area (Å²) >= 11 is 0. The first-order valence-corrected chi connectivity index (χ1v) is 9.30. The zero-order valence-electron chi connectivity index (χ0n) is 15.6. The standard InChI is InChI=1S/C17H25N7O3/c1-3-17(4-2,11-15(25)26)18-16(27)12-7-9-23(10-8-12)14-6-5-13-19-21-22-24(13)20-14/h5-6,12H,3-4,7-11H2,1-2H3,(H,18,27)(H,25,26). The Morgan fingerprint density at radius 2 is 1.96 bits per heavy atom. The number of nitrogens with one attached hydrogen (secondary N) is 1. The molecule has 10 nitrogen and oxygen atoms in total. The number of carboxylic acid groups (broad SMARTS) is 1. The second kappa shape index (κ2) is 7.85. The minimum Gasteiger partial charge on any atom is -0.481 e. The van der Waals surface area contributed by atoms with Crippen LogP contribution in [0.5, 0.6) is 0 Å². The van der Waals surface area contributed by atoms with E-state index in [9.17, 15) is 14.7 Å². The Morgan fingerprint density at radius 1 is 1.26 bits per heavy atom. The molecule has 0 saturated carbocycles. The molecule has 10 heteroatoms. The van der Waals surface area contributed by atoms with Gasteiger partial charge >= 0.3 is 5.97 Å². The summed E-state index contributed by atoms with van der Waals surface area (Å²) in [4.78, 5) is 26.0. The van der Waals surface area contributed by atoms with E-state index in [1.807, 2.05) is 26.0 Å². The molecule has 1 amide bonds. The highest BCUT2D eigenvalue weighted by Gasteiger charge is 2.34. The number of piperidine rings is 1. The molecule has 0 spiro atoms. The fourth-order valence-corrected chi connectivity index (χ4v) is 3.55. The molecule has 27 heavy (non-hydrogen) atoms. The van der Waals surface area contributed by atoms with Crippen molar-refractivity contribution in [2.45, 2.75) is 51.5 Å². The van der Waals surface area contributed by atoms with Gasteiger partial charge in [-0.25, -0.2) is 0 Å². The van der Waals surface area contributed by atoms with Crippen LogP contribution in [0.1, 0.15) is 46.0 Å². The van der Waals surface area contributed by atoms with E-state index in [2.05, 4.69) is 30.8 Å². The van der Waals surface area contributed by atoms with E-state index in [1.165, 1.54) is 4.63 Å². The highest BCUT2D eigenvalue weighted by molar-refractivity contribution is 5.81. The summed E-state index contributed by atoms with van der Waals surface area (Å²) in [5, 5.41) is 27.8. The largest absolute Gasteiger partial charge is 0.481 e. The number of rotatable bonds is 7. The van der Waals surface area contributed by atoms with Crippen molar-refractivity contribution in [2.75, 3.05) is 18.0 Å². The molecule has 3 heterocycles. The molecule has 1 aliphatic heterocycles. The van der Waals surface area contributed by atoms with Crippen molar-refractivity contribution < 1.29 is 14.7 Å². The van der Waals surface area contributed by atoms with Crippen LogP contribution in [-0.4, -0.2) is 60.9 Å². The lowest BCUT2D eigenvalue weighted by molar-refractivity contribution is -0.139. The van der Waals surface area contributed by atoms with Gasteiger partial charge in [0, 0.05) is 24.5 Å². The van der Waals surface area contributed by atoms with Crippen LogP contribution in [0.15, 0.2) is 12.1 Å². The SMILES string of the molecule is CCC(CC)(CC(=O)O)NC(=O)C1CCN(c2ccc3nnnn3n2)CC1. The summed E-state index contributed by atoms with van der Waals surface area (Å²) in [6, 6.07) is 3.68. The lowest BCUT2D eigenvalue weighted by Crippen LogP contribution is -2.52. The second-order valence-corrected chi connectivity index (χ2v) is 7.03. The number of anilines is 1. The summed E-state index contributed by atoms with van der Waals surface area (Å²) in [5.41, 5.74) is -0.0888. The van der Waals surface area contributed by atoms with E-state index in [1.54, 1.807) is 0 Å². The molecule has 3 rings (SSSR count). The normalized spacial score (nSPS) is 15.9. The first kappa shape index (κ1) is 19.0. The first-order chi connectivity index (χ1) is 13.0. The highest BCUT2D eigenvalue weighted by atomic mass is 16.4. The van der Waals surface area contributed by atoms with Crippen molar-refractivity contribution in [3.8, 4) is 0 Å². The molecule has 1 aliphatic rings. The molecule has 1 saturated heterocycles. The molecule has 1 fully saturated rings. The third kappa shape index (κ3) is 4.15. The summed E-state index contributed by atoms with van der Waals surface area (Å²) in [7, 11) is 0. The molecule has 0 aromatic carbocycles. The van der Waals surface area contributed by atoms with Crippen LogP contribution in [0.2, 0.25) is 0 Å². The van der Waals surface area contributed by atoms with Gasteiger partial charge in [-0.2, -0.15) is 0 Å². The molecular formula is C17H25N7O3. The van der Waals surface area contributed by atoms with E-state index < -0.39 is 11.5 Å². The van der Waals surface area contributed by atoms with Crippen molar-refractivity contribution in [2.24, 2.45) is 5.92 Å². The van der Waals surface area contributed by atoms with Gasteiger partial charge in [-0.1, -0.05) is 13.8 Å². The maximum Gasteiger partial charge on any atom is 0.305 e. The molecule has 2 N–H and O–H groups in total. The third-order valence-corrected chi connectivity index (χ3v) is 5.48. The maximum absolute atomic E-state index is 12.7. The lowest BCUT2D eigenvalue weighted by Gasteiger charge is -2.36. The second-order valence-electron chi connectivity index (χ2n) is 7.03. The van der Waals surface area contributed by atoms with Gasteiger partial charge in [-0.3, -0.25) is 9.59 Å². The smallest absolute Gasteiger partial charge is 0.305 e. The predicted octanol–water partition coefficient (Wildman–Crippen LogP) is 0.885.